The molecule has 6 rings (SSSR count). The normalized spacial score (nSPS) is 18.8. The Balaban J connectivity index is 1.47. The minimum Gasteiger partial charge on any atom is -0.748 e. The van der Waals surface area contributed by atoms with Gasteiger partial charge in [0.05, 0.1) is 26.2 Å². The predicted octanol–water partition coefficient (Wildman–Crippen LogP) is 6.19. The number of allylic oxidation sites excluding steroid dienone is 6. The fourth-order valence-corrected chi connectivity index (χ4v) is 11.3. The van der Waals surface area contributed by atoms with Gasteiger partial charge in [-0.15, -0.1) is 0 Å². The van der Waals surface area contributed by atoms with Crippen molar-refractivity contribution in [3.63, 3.8) is 0 Å². The molecule has 20 heteroatoms. The lowest BCUT2D eigenvalue weighted by Crippen LogP contribution is -2.30. The molecule has 2 aliphatic rings. The quantitative estimate of drug-likeness (QED) is 0.0462. The standard InChI is InChI=1S/C42H46N2O14S4/c1-5-19-42(4)38(44(21-10-23-60(49,50)51)35-18-16-32-33(40(35)42)25-30(61(52,53)54)26-36(32)62(55,56)57)12-8-6-7-11-37-41(2,3)39-31-15-14-29(58-27-45)24-28(31)13-17-34(39)43(37)20-9-22-59(46,47)48/h6-8,11-18,24-27H,5,9-10,19-23H2,1-4H3,(H3-,46,47,48,49,50,51,52,53,54,55,56,57). The molecule has 332 valence electrons. The van der Waals surface area contributed by atoms with Crippen LogP contribution in [0.3, 0.4) is 0 Å². The molecule has 1 unspecified atom stereocenters. The van der Waals surface area contributed by atoms with Crippen LogP contribution in [0.4, 0.5) is 11.4 Å². The van der Waals surface area contributed by atoms with Crippen LogP contribution in [0, 0.1) is 0 Å². The summed E-state index contributed by atoms with van der Waals surface area (Å²) in [6, 6.07) is 13.8. The molecule has 2 heterocycles. The Bertz CT molecular complexity index is 3080. The van der Waals surface area contributed by atoms with Crippen molar-refractivity contribution in [1.82, 2.24) is 0 Å². The molecule has 1 atom stereocenters. The highest BCUT2D eigenvalue weighted by atomic mass is 32.2. The topological polar surface area (TPSA) is 253 Å². The molecule has 0 saturated carbocycles. The lowest BCUT2D eigenvalue weighted by Gasteiger charge is -2.30. The summed E-state index contributed by atoms with van der Waals surface area (Å²) in [6.07, 6.45) is 9.96. The van der Waals surface area contributed by atoms with Crippen LogP contribution in [0.25, 0.3) is 21.5 Å². The van der Waals surface area contributed by atoms with Gasteiger partial charge in [-0.1, -0.05) is 43.7 Å². The molecular weight excluding hydrogens is 885 g/mol. The monoisotopic (exact) mass is 930 g/mol. The molecule has 0 bridgehead atoms. The molecule has 0 aromatic heterocycles. The number of hydrogen-bond acceptors (Lipinski definition) is 12. The second-order valence-electron chi connectivity index (χ2n) is 15.9. The van der Waals surface area contributed by atoms with Crippen molar-refractivity contribution in [1.29, 1.82) is 0 Å². The smallest absolute Gasteiger partial charge is 0.298 e. The van der Waals surface area contributed by atoms with Crippen molar-refractivity contribution in [2.75, 3.05) is 29.5 Å². The minimum atomic E-state index is -5.00. The molecule has 0 amide bonds. The molecule has 4 aromatic rings. The summed E-state index contributed by atoms with van der Waals surface area (Å²) in [5, 5.41) is 1.80. The average molecular weight is 931 g/mol. The first-order valence-corrected chi connectivity index (χ1v) is 25.5. The fraction of sp³-hybridized carbons (Fsp3) is 0.333. The molecule has 0 fully saturated rings. The van der Waals surface area contributed by atoms with Crippen LogP contribution in [-0.4, -0.2) is 93.2 Å². The van der Waals surface area contributed by atoms with Crippen LogP contribution < -0.4 is 9.64 Å². The minimum absolute atomic E-state index is 0.00397. The number of ether oxygens (including phenoxy) is 1. The van der Waals surface area contributed by atoms with E-state index in [-0.39, 0.29) is 36.7 Å². The molecule has 0 radical (unpaired) electrons. The van der Waals surface area contributed by atoms with Gasteiger partial charge in [-0.2, -0.15) is 29.8 Å². The second kappa shape index (κ2) is 17.1. The highest BCUT2D eigenvalue weighted by Crippen LogP contribution is 2.54. The fourth-order valence-electron chi connectivity index (χ4n) is 8.96. The number of hydrogen-bond donors (Lipinski definition) is 3. The zero-order valence-corrected chi connectivity index (χ0v) is 37.4. The Hall–Kier alpha value is -4.80. The molecule has 4 aromatic carbocycles. The lowest BCUT2D eigenvalue weighted by molar-refractivity contribution is -0.437. The first-order chi connectivity index (χ1) is 28.8. The van der Waals surface area contributed by atoms with Crippen molar-refractivity contribution >= 4 is 85.6 Å². The Kier molecular flexibility index (Phi) is 12.8. The number of fused-ring (bicyclic) bond motifs is 6. The number of carbonyl (C=O) groups is 1. The zero-order chi connectivity index (χ0) is 45.6. The van der Waals surface area contributed by atoms with E-state index in [4.69, 9.17) is 4.74 Å². The third-order valence-corrected chi connectivity index (χ3v) is 14.7. The van der Waals surface area contributed by atoms with Crippen LogP contribution >= 0.6 is 0 Å². The van der Waals surface area contributed by atoms with Gasteiger partial charge in [-0.3, -0.25) is 18.5 Å². The SMILES string of the molecule is CCCC1(C)\C(=C/C=C/C=C/C2=[N+](CCCS(=O)(=O)[O-])c3ccc4cc(OC=O)ccc4c3C2(C)C)N(CCCS(=O)(=O)O)c2ccc3c(S(=O)(=O)O)cc(S(=O)(=O)O)cc3c21. The third kappa shape index (κ3) is 9.42. The zero-order valence-electron chi connectivity index (χ0n) is 34.2. The number of carbonyl (C=O) groups excluding carboxylic acids is 1. The first kappa shape index (κ1) is 46.7. The van der Waals surface area contributed by atoms with Gasteiger partial charge < -0.3 is 14.2 Å². The summed E-state index contributed by atoms with van der Waals surface area (Å²) < 4.78 is 145. The van der Waals surface area contributed by atoms with Gasteiger partial charge in [0.25, 0.3) is 36.8 Å². The summed E-state index contributed by atoms with van der Waals surface area (Å²) in [4.78, 5) is 11.3. The molecule has 0 saturated heterocycles. The van der Waals surface area contributed by atoms with E-state index in [1.165, 1.54) is 6.07 Å². The Labute approximate surface area is 360 Å². The largest absolute Gasteiger partial charge is 0.748 e. The lowest BCUT2D eigenvalue weighted by atomic mass is 9.76. The van der Waals surface area contributed by atoms with E-state index in [1.54, 1.807) is 42.5 Å². The van der Waals surface area contributed by atoms with Crippen molar-refractivity contribution < 1.29 is 66.0 Å². The molecule has 62 heavy (non-hydrogen) atoms. The maximum absolute atomic E-state index is 12.6. The Morgan fingerprint density at radius 1 is 0.790 bits per heavy atom. The van der Waals surface area contributed by atoms with Gasteiger partial charge in [-0.25, -0.2) is 8.42 Å². The maximum Gasteiger partial charge on any atom is 0.298 e. The summed E-state index contributed by atoms with van der Waals surface area (Å²) >= 11 is 0. The number of rotatable bonds is 17. The van der Waals surface area contributed by atoms with E-state index in [0.29, 0.717) is 48.1 Å². The first-order valence-electron chi connectivity index (χ1n) is 19.4. The molecule has 0 aliphatic carbocycles. The van der Waals surface area contributed by atoms with Gasteiger partial charge in [-0.05, 0) is 97.8 Å². The van der Waals surface area contributed by atoms with Crippen molar-refractivity contribution in [3.8, 4) is 5.75 Å². The highest BCUT2D eigenvalue weighted by Gasteiger charge is 2.46. The summed E-state index contributed by atoms with van der Waals surface area (Å²) in [5.41, 5.74) is 2.49. The molecule has 16 nitrogen and oxygen atoms in total. The van der Waals surface area contributed by atoms with Crippen LogP contribution in [0.5, 0.6) is 5.75 Å². The van der Waals surface area contributed by atoms with Crippen molar-refractivity contribution in [2.45, 2.75) is 74.0 Å². The predicted molar refractivity (Wildman–Crippen MR) is 233 cm³/mol. The Morgan fingerprint density at radius 2 is 1.50 bits per heavy atom. The molecule has 3 N–H and O–H groups in total. The van der Waals surface area contributed by atoms with Crippen LogP contribution in [0.2, 0.25) is 0 Å². The average Bonchev–Trinajstić information content (AvgIpc) is 3.52. The van der Waals surface area contributed by atoms with Gasteiger partial charge in [0, 0.05) is 58.6 Å². The van der Waals surface area contributed by atoms with Crippen molar-refractivity contribution in [3.05, 3.63) is 102 Å². The van der Waals surface area contributed by atoms with Crippen LogP contribution in [-0.2, 0) is 56.1 Å². The van der Waals surface area contributed by atoms with Crippen molar-refractivity contribution in [2.24, 2.45) is 0 Å². The van der Waals surface area contributed by atoms with Crippen LogP contribution in [0.1, 0.15) is 64.5 Å². The van der Waals surface area contributed by atoms with E-state index in [2.05, 4.69) is 0 Å². The van der Waals surface area contributed by atoms with Gasteiger partial charge in [0.15, 0.2) is 5.71 Å². The number of nitrogens with zero attached hydrogens (tertiary/aromatic N) is 2. The molecular formula is C42H46N2O14S4. The summed E-state index contributed by atoms with van der Waals surface area (Å²) in [6.45, 7) is 8.42. The van der Waals surface area contributed by atoms with E-state index in [1.807, 2.05) is 61.4 Å². The van der Waals surface area contributed by atoms with E-state index in [0.717, 1.165) is 33.8 Å². The van der Waals surface area contributed by atoms with E-state index >= 15 is 0 Å². The van der Waals surface area contributed by atoms with Crippen LogP contribution in [0.15, 0.2) is 100 Å². The number of anilines is 1. The molecule has 2 aliphatic heterocycles. The maximum atomic E-state index is 12.6. The van der Waals surface area contributed by atoms with Gasteiger partial charge in [0.2, 0.25) is 5.69 Å². The summed E-state index contributed by atoms with van der Waals surface area (Å²) in [7, 11) is -18.8. The van der Waals surface area contributed by atoms with Gasteiger partial charge >= 0.3 is 0 Å². The highest BCUT2D eigenvalue weighted by molar-refractivity contribution is 7.87. The van der Waals surface area contributed by atoms with E-state index < -0.39 is 72.6 Å². The third-order valence-electron chi connectivity index (χ3n) is 11.4. The second-order valence-corrected chi connectivity index (χ2v) is 21.8. The Morgan fingerprint density at radius 3 is 2.13 bits per heavy atom. The number of benzene rings is 4. The molecule has 0 spiro atoms. The van der Waals surface area contributed by atoms with Gasteiger partial charge in [0.1, 0.15) is 17.2 Å². The van der Waals surface area contributed by atoms with E-state index in [9.17, 15) is 56.7 Å². The summed E-state index contributed by atoms with van der Waals surface area (Å²) in [5.74, 6) is -0.771.